The van der Waals surface area contributed by atoms with E-state index in [0.717, 1.165) is 26.8 Å². The quantitative estimate of drug-likeness (QED) is 0.565. The Morgan fingerprint density at radius 3 is 2.70 bits per heavy atom. The number of thiophene rings is 1. The van der Waals surface area contributed by atoms with Crippen LogP contribution in [0, 0.1) is 13.5 Å². The highest BCUT2D eigenvalue weighted by Gasteiger charge is 2.11. The molecule has 2 nitrogen and oxygen atoms in total. The van der Waals surface area contributed by atoms with Crippen LogP contribution in [0.15, 0.2) is 36.4 Å². The second-order valence-corrected chi connectivity index (χ2v) is 6.26. The van der Waals surface area contributed by atoms with Gasteiger partial charge in [-0.05, 0) is 53.3 Å². The standard InChI is InChI=1S/C16H10ClNOS/c1-9-3-4-10(6-14(9)19)13-8-12(18-2)5-11-7-15(17)20-16(11)13/h3-8,19H,1H3. The number of hydrogen-bond acceptors (Lipinski definition) is 2. The number of phenolic OH excluding ortho intramolecular Hbond substituents is 1. The number of nitrogens with zero attached hydrogens (tertiary/aromatic N) is 1. The number of rotatable bonds is 1. The zero-order valence-corrected chi connectivity index (χ0v) is 12.2. The number of aromatic hydroxyl groups is 1. The number of halogens is 1. The van der Waals surface area contributed by atoms with Gasteiger partial charge in [0.1, 0.15) is 5.75 Å². The van der Waals surface area contributed by atoms with Crippen molar-refractivity contribution in [2.45, 2.75) is 6.92 Å². The summed E-state index contributed by atoms with van der Waals surface area (Å²) in [7, 11) is 0. The van der Waals surface area contributed by atoms with Crippen LogP contribution >= 0.6 is 22.9 Å². The maximum absolute atomic E-state index is 9.88. The highest BCUT2D eigenvalue weighted by Crippen LogP contribution is 2.40. The van der Waals surface area contributed by atoms with Crippen LogP contribution in [-0.4, -0.2) is 5.11 Å². The van der Waals surface area contributed by atoms with Crippen molar-refractivity contribution in [3.8, 4) is 16.9 Å². The van der Waals surface area contributed by atoms with Crippen LogP contribution in [0.3, 0.4) is 0 Å². The molecule has 0 aliphatic rings. The number of hydrogen-bond donors (Lipinski definition) is 1. The van der Waals surface area contributed by atoms with E-state index in [1.54, 1.807) is 6.07 Å². The summed E-state index contributed by atoms with van der Waals surface area (Å²) >= 11 is 7.57. The number of fused-ring (bicyclic) bond motifs is 1. The van der Waals surface area contributed by atoms with E-state index in [9.17, 15) is 5.11 Å². The van der Waals surface area contributed by atoms with Crippen molar-refractivity contribution in [3.05, 3.63) is 57.7 Å². The molecule has 0 unspecified atom stereocenters. The molecule has 0 saturated carbocycles. The molecule has 4 heteroatoms. The smallest absolute Gasteiger partial charge is 0.188 e. The molecule has 0 atom stereocenters. The van der Waals surface area contributed by atoms with Gasteiger partial charge in [0.15, 0.2) is 5.69 Å². The number of phenols is 1. The van der Waals surface area contributed by atoms with E-state index in [0.29, 0.717) is 10.0 Å². The molecule has 0 saturated heterocycles. The Morgan fingerprint density at radius 1 is 1.20 bits per heavy atom. The first-order valence-corrected chi connectivity index (χ1v) is 7.18. The molecule has 1 heterocycles. The van der Waals surface area contributed by atoms with Gasteiger partial charge in [0.25, 0.3) is 0 Å². The van der Waals surface area contributed by atoms with Crippen LogP contribution in [0.2, 0.25) is 4.34 Å². The van der Waals surface area contributed by atoms with E-state index >= 15 is 0 Å². The molecule has 0 radical (unpaired) electrons. The minimum atomic E-state index is 0.256. The molecule has 1 aromatic heterocycles. The Labute approximate surface area is 125 Å². The summed E-state index contributed by atoms with van der Waals surface area (Å²) in [4.78, 5) is 3.51. The molecular weight excluding hydrogens is 290 g/mol. The largest absolute Gasteiger partial charge is 0.508 e. The molecule has 20 heavy (non-hydrogen) atoms. The Bertz CT molecular complexity index is 861. The van der Waals surface area contributed by atoms with Gasteiger partial charge in [-0.15, -0.1) is 11.3 Å². The van der Waals surface area contributed by atoms with Crippen LogP contribution in [0.4, 0.5) is 5.69 Å². The maximum Gasteiger partial charge on any atom is 0.188 e. The molecule has 3 aromatic rings. The van der Waals surface area contributed by atoms with Gasteiger partial charge in [-0.2, -0.15) is 0 Å². The lowest BCUT2D eigenvalue weighted by molar-refractivity contribution is 0.471. The van der Waals surface area contributed by atoms with Gasteiger partial charge in [0, 0.05) is 4.70 Å². The first kappa shape index (κ1) is 13.0. The molecule has 0 aliphatic carbocycles. The van der Waals surface area contributed by atoms with Gasteiger partial charge in [-0.1, -0.05) is 23.7 Å². The van der Waals surface area contributed by atoms with Crippen molar-refractivity contribution in [2.75, 3.05) is 0 Å². The maximum atomic E-state index is 9.88. The Balaban J connectivity index is 2.33. The lowest BCUT2D eigenvalue weighted by Crippen LogP contribution is -1.81. The van der Waals surface area contributed by atoms with Crippen LogP contribution < -0.4 is 0 Å². The van der Waals surface area contributed by atoms with E-state index in [1.807, 2.05) is 37.3 Å². The minimum Gasteiger partial charge on any atom is -0.508 e. The van der Waals surface area contributed by atoms with Crippen molar-refractivity contribution in [1.29, 1.82) is 0 Å². The van der Waals surface area contributed by atoms with Crippen molar-refractivity contribution in [2.24, 2.45) is 0 Å². The molecule has 0 spiro atoms. The second kappa shape index (κ2) is 4.82. The highest BCUT2D eigenvalue weighted by atomic mass is 35.5. The molecule has 0 amide bonds. The third kappa shape index (κ3) is 2.14. The Morgan fingerprint density at radius 2 is 2.00 bits per heavy atom. The molecular formula is C16H10ClNOS. The summed E-state index contributed by atoms with van der Waals surface area (Å²) in [5, 5.41) is 10.8. The topological polar surface area (TPSA) is 24.6 Å². The third-order valence-corrected chi connectivity index (χ3v) is 4.53. The average Bonchev–Trinajstić information content (AvgIpc) is 2.80. The van der Waals surface area contributed by atoms with E-state index < -0.39 is 0 Å². The van der Waals surface area contributed by atoms with Crippen LogP contribution in [0.1, 0.15) is 5.56 Å². The normalized spacial score (nSPS) is 10.7. The van der Waals surface area contributed by atoms with Crippen molar-refractivity contribution in [1.82, 2.24) is 0 Å². The SMILES string of the molecule is [C-]#[N+]c1cc(-c2ccc(C)c(O)c2)c2sc(Cl)cc2c1. The van der Waals surface area contributed by atoms with Crippen LogP contribution in [0.25, 0.3) is 26.1 Å². The van der Waals surface area contributed by atoms with Gasteiger partial charge < -0.3 is 5.11 Å². The second-order valence-electron chi connectivity index (χ2n) is 4.58. The fourth-order valence-corrected chi connectivity index (χ4v) is 3.41. The number of benzene rings is 2. The van der Waals surface area contributed by atoms with Gasteiger partial charge in [-0.25, -0.2) is 4.85 Å². The zero-order chi connectivity index (χ0) is 14.3. The number of aryl methyl sites for hydroxylation is 1. The van der Waals surface area contributed by atoms with E-state index in [4.69, 9.17) is 18.2 Å². The van der Waals surface area contributed by atoms with E-state index in [1.165, 1.54) is 11.3 Å². The van der Waals surface area contributed by atoms with Gasteiger partial charge in [0.05, 0.1) is 10.9 Å². The predicted molar refractivity (Wildman–Crippen MR) is 84.9 cm³/mol. The fraction of sp³-hybridized carbons (Fsp3) is 0.0625. The van der Waals surface area contributed by atoms with E-state index in [2.05, 4.69) is 4.85 Å². The summed E-state index contributed by atoms with van der Waals surface area (Å²) in [5.74, 6) is 0.256. The highest BCUT2D eigenvalue weighted by molar-refractivity contribution is 7.23. The fourth-order valence-electron chi connectivity index (χ4n) is 2.16. The molecule has 2 aromatic carbocycles. The third-order valence-electron chi connectivity index (χ3n) is 3.22. The Kier molecular flexibility index (Phi) is 3.13. The predicted octanol–water partition coefficient (Wildman–Crippen LogP) is 5.79. The van der Waals surface area contributed by atoms with Gasteiger partial charge in [0.2, 0.25) is 0 Å². The molecule has 0 bridgehead atoms. The molecule has 98 valence electrons. The molecule has 0 aliphatic heterocycles. The molecule has 3 rings (SSSR count). The first-order valence-electron chi connectivity index (χ1n) is 5.99. The zero-order valence-electron chi connectivity index (χ0n) is 10.6. The monoisotopic (exact) mass is 299 g/mol. The van der Waals surface area contributed by atoms with E-state index in [-0.39, 0.29) is 5.75 Å². The first-order chi connectivity index (χ1) is 9.58. The molecule has 1 N–H and O–H groups in total. The summed E-state index contributed by atoms with van der Waals surface area (Å²) in [5.41, 5.74) is 3.22. The van der Waals surface area contributed by atoms with Crippen LogP contribution in [-0.2, 0) is 0 Å². The lowest BCUT2D eigenvalue weighted by atomic mass is 10.0. The summed E-state index contributed by atoms with van der Waals surface area (Å²) in [6.07, 6.45) is 0. The minimum absolute atomic E-state index is 0.256. The van der Waals surface area contributed by atoms with Crippen molar-refractivity contribution >= 4 is 38.7 Å². The summed E-state index contributed by atoms with van der Waals surface area (Å²) in [6, 6.07) is 11.1. The van der Waals surface area contributed by atoms with Crippen molar-refractivity contribution < 1.29 is 5.11 Å². The van der Waals surface area contributed by atoms with Gasteiger partial charge >= 0.3 is 0 Å². The summed E-state index contributed by atoms with van der Waals surface area (Å²) < 4.78 is 1.73. The molecule has 0 fully saturated rings. The average molecular weight is 300 g/mol. The summed E-state index contributed by atoms with van der Waals surface area (Å²) in [6.45, 7) is 9.06. The van der Waals surface area contributed by atoms with Crippen LogP contribution in [0.5, 0.6) is 5.75 Å². The lowest BCUT2D eigenvalue weighted by Gasteiger charge is -2.07. The van der Waals surface area contributed by atoms with Gasteiger partial charge in [-0.3, -0.25) is 0 Å². The van der Waals surface area contributed by atoms with Crippen molar-refractivity contribution in [3.63, 3.8) is 0 Å². The Hall–Kier alpha value is -2.02.